The lowest BCUT2D eigenvalue weighted by molar-refractivity contribution is 0.228. The Morgan fingerprint density at radius 1 is 1.13 bits per heavy atom. The van der Waals surface area contributed by atoms with E-state index in [9.17, 15) is 4.79 Å². The predicted molar refractivity (Wildman–Crippen MR) is 90.9 cm³/mol. The summed E-state index contributed by atoms with van der Waals surface area (Å²) in [6.07, 6.45) is 4.12. The van der Waals surface area contributed by atoms with E-state index in [1.807, 2.05) is 56.4 Å². The molecule has 2 amide bonds. The zero-order valence-electron chi connectivity index (χ0n) is 13.5. The third-order valence-electron chi connectivity index (χ3n) is 3.69. The lowest BCUT2D eigenvalue weighted by Crippen LogP contribution is -2.42. The Morgan fingerprint density at radius 2 is 1.87 bits per heavy atom. The Kier molecular flexibility index (Phi) is 6.11. The van der Waals surface area contributed by atoms with Gasteiger partial charge in [0.15, 0.2) is 0 Å². The summed E-state index contributed by atoms with van der Waals surface area (Å²) >= 11 is 0. The molecule has 2 aromatic rings. The Morgan fingerprint density at radius 3 is 2.48 bits per heavy atom. The molecule has 2 atom stereocenters. The molecule has 0 aliphatic heterocycles. The number of rotatable bonds is 6. The Balaban J connectivity index is 1.95. The second-order valence-corrected chi connectivity index (χ2v) is 5.62. The molecule has 0 fully saturated rings. The number of urea groups is 1. The molecule has 1 heterocycles. The highest BCUT2D eigenvalue weighted by Crippen LogP contribution is 2.21. The Hall–Kier alpha value is -2.40. The highest BCUT2D eigenvalue weighted by atomic mass is 16.3. The van der Waals surface area contributed by atoms with E-state index in [2.05, 4.69) is 15.6 Å². The van der Waals surface area contributed by atoms with E-state index >= 15 is 0 Å². The van der Waals surface area contributed by atoms with Crippen LogP contribution in [0.5, 0.6) is 0 Å². The molecule has 1 aromatic heterocycles. The van der Waals surface area contributed by atoms with Gasteiger partial charge in [-0.25, -0.2) is 4.79 Å². The van der Waals surface area contributed by atoms with Crippen molar-refractivity contribution >= 4 is 6.03 Å². The van der Waals surface area contributed by atoms with Crippen LogP contribution in [0, 0.1) is 0 Å². The fourth-order valence-electron chi connectivity index (χ4n) is 2.31. The van der Waals surface area contributed by atoms with Crippen LogP contribution >= 0.6 is 0 Å². The van der Waals surface area contributed by atoms with Crippen molar-refractivity contribution in [2.75, 3.05) is 6.61 Å². The second-order valence-electron chi connectivity index (χ2n) is 5.62. The van der Waals surface area contributed by atoms with Gasteiger partial charge in [0.1, 0.15) is 0 Å². The average Bonchev–Trinajstić information content (AvgIpc) is 2.56. The molecule has 0 saturated heterocycles. The topological polar surface area (TPSA) is 74.2 Å². The maximum absolute atomic E-state index is 11.9. The van der Waals surface area contributed by atoms with E-state index in [4.69, 9.17) is 5.11 Å². The number of carbonyl (C=O) groups excluding carboxylic acids is 1. The summed E-state index contributed by atoms with van der Waals surface area (Å²) < 4.78 is 0. The SMILES string of the molecule is CC(NC(=O)N[C@H](C)CCO)c1ccc(-c2cccnc2)cc1. The van der Waals surface area contributed by atoms with Crippen LogP contribution in [0.3, 0.4) is 0 Å². The van der Waals surface area contributed by atoms with E-state index in [1.165, 1.54) is 0 Å². The molecule has 1 aromatic carbocycles. The highest BCUT2D eigenvalue weighted by Gasteiger charge is 2.11. The maximum Gasteiger partial charge on any atom is 0.315 e. The van der Waals surface area contributed by atoms with Gasteiger partial charge in [-0.2, -0.15) is 0 Å². The summed E-state index contributed by atoms with van der Waals surface area (Å²) in [6.45, 7) is 3.87. The predicted octanol–water partition coefficient (Wildman–Crippen LogP) is 2.88. The van der Waals surface area contributed by atoms with Crippen molar-refractivity contribution in [2.24, 2.45) is 0 Å². The van der Waals surface area contributed by atoms with Crippen LogP contribution in [0.15, 0.2) is 48.8 Å². The summed E-state index contributed by atoms with van der Waals surface area (Å²) in [5.41, 5.74) is 3.19. The van der Waals surface area contributed by atoms with Gasteiger partial charge in [0.25, 0.3) is 0 Å². The number of carbonyl (C=O) groups is 1. The molecule has 0 saturated carbocycles. The second kappa shape index (κ2) is 8.29. The molecule has 23 heavy (non-hydrogen) atoms. The highest BCUT2D eigenvalue weighted by molar-refractivity contribution is 5.74. The number of pyridine rings is 1. The zero-order chi connectivity index (χ0) is 16.7. The third kappa shape index (κ3) is 5.07. The van der Waals surface area contributed by atoms with E-state index in [1.54, 1.807) is 6.20 Å². The number of aromatic nitrogens is 1. The summed E-state index contributed by atoms with van der Waals surface area (Å²) in [5.74, 6) is 0. The molecule has 0 radical (unpaired) electrons. The number of hydrogen-bond donors (Lipinski definition) is 3. The molecule has 0 aliphatic rings. The van der Waals surface area contributed by atoms with E-state index in [0.717, 1.165) is 16.7 Å². The van der Waals surface area contributed by atoms with Gasteiger partial charge in [-0.15, -0.1) is 0 Å². The molecule has 5 nitrogen and oxygen atoms in total. The van der Waals surface area contributed by atoms with Crippen molar-refractivity contribution in [3.63, 3.8) is 0 Å². The molecule has 3 N–H and O–H groups in total. The normalized spacial score (nSPS) is 13.2. The molecular formula is C18H23N3O2. The molecule has 0 spiro atoms. The number of aliphatic hydroxyl groups excluding tert-OH is 1. The Labute approximate surface area is 136 Å². The first kappa shape index (κ1) is 17.0. The molecule has 2 rings (SSSR count). The minimum absolute atomic E-state index is 0.0554. The van der Waals surface area contributed by atoms with Crippen molar-refractivity contribution in [1.29, 1.82) is 0 Å². The quantitative estimate of drug-likeness (QED) is 0.767. The van der Waals surface area contributed by atoms with E-state index < -0.39 is 0 Å². The van der Waals surface area contributed by atoms with Crippen LogP contribution in [0.25, 0.3) is 11.1 Å². The molecule has 5 heteroatoms. The minimum Gasteiger partial charge on any atom is -0.396 e. The molecule has 1 unspecified atom stereocenters. The van der Waals surface area contributed by atoms with Gasteiger partial charge in [-0.3, -0.25) is 4.98 Å². The van der Waals surface area contributed by atoms with Crippen molar-refractivity contribution in [3.8, 4) is 11.1 Å². The van der Waals surface area contributed by atoms with Crippen LogP contribution < -0.4 is 10.6 Å². The molecule has 122 valence electrons. The smallest absolute Gasteiger partial charge is 0.315 e. The number of nitrogens with zero attached hydrogens (tertiary/aromatic N) is 1. The van der Waals surface area contributed by atoms with E-state index in [0.29, 0.717) is 6.42 Å². The number of nitrogens with one attached hydrogen (secondary N) is 2. The summed E-state index contributed by atoms with van der Waals surface area (Å²) in [5, 5.41) is 14.6. The molecular weight excluding hydrogens is 290 g/mol. The van der Waals surface area contributed by atoms with Crippen molar-refractivity contribution in [3.05, 3.63) is 54.4 Å². The number of amides is 2. The fraction of sp³-hybridized carbons (Fsp3) is 0.333. The lowest BCUT2D eigenvalue weighted by Gasteiger charge is -2.18. The zero-order valence-corrected chi connectivity index (χ0v) is 13.5. The number of benzene rings is 1. The van der Waals surface area contributed by atoms with Gasteiger partial charge < -0.3 is 15.7 Å². The average molecular weight is 313 g/mol. The first-order chi connectivity index (χ1) is 11.1. The molecule has 0 aliphatic carbocycles. The van der Waals surface area contributed by atoms with Gasteiger partial charge in [-0.1, -0.05) is 30.3 Å². The lowest BCUT2D eigenvalue weighted by atomic mass is 10.0. The first-order valence-corrected chi connectivity index (χ1v) is 7.78. The summed E-state index contributed by atoms with van der Waals surface area (Å²) in [4.78, 5) is 16.0. The van der Waals surface area contributed by atoms with Crippen LogP contribution in [-0.4, -0.2) is 28.8 Å². The van der Waals surface area contributed by atoms with Crippen LogP contribution in [-0.2, 0) is 0 Å². The summed E-state index contributed by atoms with van der Waals surface area (Å²) in [7, 11) is 0. The van der Waals surface area contributed by atoms with Crippen molar-refractivity contribution < 1.29 is 9.90 Å². The van der Waals surface area contributed by atoms with E-state index in [-0.39, 0.29) is 24.7 Å². The van der Waals surface area contributed by atoms with Crippen molar-refractivity contribution in [2.45, 2.75) is 32.4 Å². The third-order valence-corrected chi connectivity index (χ3v) is 3.69. The fourth-order valence-corrected chi connectivity index (χ4v) is 2.31. The van der Waals surface area contributed by atoms with Crippen LogP contribution in [0.4, 0.5) is 4.79 Å². The largest absolute Gasteiger partial charge is 0.396 e. The first-order valence-electron chi connectivity index (χ1n) is 7.78. The van der Waals surface area contributed by atoms with Gasteiger partial charge in [0.05, 0.1) is 6.04 Å². The summed E-state index contributed by atoms with van der Waals surface area (Å²) in [6, 6.07) is 11.6. The molecule has 0 bridgehead atoms. The van der Waals surface area contributed by atoms with Crippen LogP contribution in [0.1, 0.15) is 31.9 Å². The van der Waals surface area contributed by atoms with Gasteiger partial charge in [0.2, 0.25) is 0 Å². The van der Waals surface area contributed by atoms with Gasteiger partial charge in [0, 0.05) is 25.0 Å². The number of hydrogen-bond acceptors (Lipinski definition) is 3. The van der Waals surface area contributed by atoms with Gasteiger partial charge in [-0.05, 0) is 43.0 Å². The Bertz CT molecular complexity index is 614. The number of aliphatic hydroxyl groups is 1. The minimum atomic E-state index is -0.227. The standard InChI is InChI=1S/C18H23N3O2/c1-13(9-11-22)20-18(23)21-14(2)15-5-7-16(8-6-15)17-4-3-10-19-12-17/h3-8,10,12-14,22H,9,11H2,1-2H3,(H2,20,21,23)/t13-,14?/m1/s1. The van der Waals surface area contributed by atoms with Gasteiger partial charge >= 0.3 is 6.03 Å². The van der Waals surface area contributed by atoms with Crippen molar-refractivity contribution in [1.82, 2.24) is 15.6 Å². The van der Waals surface area contributed by atoms with Crippen LogP contribution in [0.2, 0.25) is 0 Å². The maximum atomic E-state index is 11.9. The monoisotopic (exact) mass is 313 g/mol.